The van der Waals surface area contributed by atoms with E-state index in [1.54, 1.807) is 43.1 Å². The van der Waals surface area contributed by atoms with E-state index in [4.69, 9.17) is 22.1 Å². The average Bonchev–Trinajstić information content (AvgIpc) is 3.49. The number of hydrogen-bond acceptors (Lipinski definition) is 8. The molecule has 1 aromatic heterocycles. The number of carbonyl (C=O) groups excluding carboxylic acids is 1. The van der Waals surface area contributed by atoms with Crippen molar-refractivity contribution in [1.29, 1.82) is 0 Å². The summed E-state index contributed by atoms with van der Waals surface area (Å²) in [6, 6.07) is 15.2. The fourth-order valence-corrected chi connectivity index (χ4v) is 7.13. The normalized spacial score (nSPS) is 15.7. The average molecular weight is 652 g/mol. The molecule has 1 saturated heterocycles. The van der Waals surface area contributed by atoms with Gasteiger partial charge in [-0.15, -0.1) is 0 Å². The van der Waals surface area contributed by atoms with Gasteiger partial charge in [-0.1, -0.05) is 17.7 Å². The monoisotopic (exact) mass is 651 g/mol. The van der Waals surface area contributed by atoms with Crippen LogP contribution in [0.1, 0.15) is 49.9 Å². The highest BCUT2D eigenvalue weighted by molar-refractivity contribution is 7.92. The number of nitrogen functional groups attached to an aromatic ring is 1. The molecule has 0 radical (unpaired) electrons. The van der Waals surface area contributed by atoms with E-state index in [2.05, 4.69) is 15.6 Å². The van der Waals surface area contributed by atoms with Crippen molar-refractivity contribution < 1.29 is 27.9 Å². The molecule has 1 aliphatic rings. The number of halogens is 1. The summed E-state index contributed by atoms with van der Waals surface area (Å²) in [5, 5.41) is 16.3. The van der Waals surface area contributed by atoms with Gasteiger partial charge in [-0.2, -0.15) is 0 Å². The number of pyridine rings is 1. The zero-order valence-electron chi connectivity index (χ0n) is 25.0. The summed E-state index contributed by atoms with van der Waals surface area (Å²) in [6.07, 6.45) is 1.43. The molecule has 1 fully saturated rings. The van der Waals surface area contributed by atoms with Gasteiger partial charge in [-0.3, -0.25) is 10.1 Å². The van der Waals surface area contributed by atoms with Gasteiger partial charge >= 0.3 is 6.09 Å². The quantitative estimate of drug-likeness (QED) is 0.163. The first kappa shape index (κ1) is 31.9. The number of benzene rings is 3. The van der Waals surface area contributed by atoms with Gasteiger partial charge in [0.25, 0.3) is 0 Å². The van der Waals surface area contributed by atoms with Crippen molar-refractivity contribution >= 4 is 61.4 Å². The van der Waals surface area contributed by atoms with Crippen LogP contribution in [-0.4, -0.2) is 54.3 Å². The Morgan fingerprint density at radius 2 is 1.84 bits per heavy atom. The van der Waals surface area contributed by atoms with Crippen molar-refractivity contribution in [2.75, 3.05) is 30.0 Å². The van der Waals surface area contributed by atoms with Gasteiger partial charge in [0.05, 0.1) is 28.3 Å². The molecule has 3 aromatic carbocycles. The molecule has 2 atom stereocenters. The van der Waals surface area contributed by atoms with Crippen LogP contribution in [0.5, 0.6) is 5.75 Å². The van der Waals surface area contributed by atoms with Gasteiger partial charge in [0.2, 0.25) is 5.91 Å². The maximum Gasteiger partial charge on any atom is 0.409 e. The number of fused-ring (bicyclic) bond motifs is 1. The minimum absolute atomic E-state index is 0.0662. The number of aromatic nitrogens is 1. The predicted octanol–water partition coefficient (Wildman–Crippen LogP) is 6.27. The number of carbonyl (C=O) groups is 2. The zero-order chi connectivity index (χ0) is 32.5. The molecule has 11 nitrogen and oxygen atoms in total. The summed E-state index contributed by atoms with van der Waals surface area (Å²) >= 11 is 6.32. The van der Waals surface area contributed by atoms with Gasteiger partial charge in [0, 0.05) is 29.5 Å². The number of anilines is 3. The Morgan fingerprint density at radius 3 is 2.56 bits per heavy atom. The molecule has 0 aliphatic carbocycles. The minimum Gasteiger partial charge on any atom is -0.495 e. The van der Waals surface area contributed by atoms with Crippen molar-refractivity contribution in [2.24, 2.45) is 0 Å². The molecular weight excluding hydrogens is 618 g/mol. The van der Waals surface area contributed by atoms with E-state index < -0.39 is 33.3 Å². The molecule has 0 saturated carbocycles. The first-order valence-corrected chi connectivity index (χ1v) is 16.3. The summed E-state index contributed by atoms with van der Waals surface area (Å²) in [5.41, 5.74) is 7.85. The van der Waals surface area contributed by atoms with E-state index in [-0.39, 0.29) is 16.5 Å². The van der Waals surface area contributed by atoms with Gasteiger partial charge < -0.3 is 25.8 Å². The van der Waals surface area contributed by atoms with Crippen molar-refractivity contribution in [3.05, 3.63) is 83.0 Å². The summed E-state index contributed by atoms with van der Waals surface area (Å²) in [6.45, 7) is 3.53. The van der Waals surface area contributed by atoms with Crippen molar-refractivity contribution in [1.82, 2.24) is 9.88 Å². The number of likely N-dealkylation sites (tertiary alicyclic amines) is 1. The number of nitrogens with one attached hydrogen (secondary N) is 2. The van der Waals surface area contributed by atoms with Crippen LogP contribution in [0.3, 0.4) is 0 Å². The van der Waals surface area contributed by atoms with Gasteiger partial charge in [-0.25, -0.2) is 18.2 Å². The van der Waals surface area contributed by atoms with Crippen LogP contribution in [0.15, 0.2) is 71.8 Å². The zero-order valence-corrected chi connectivity index (χ0v) is 26.5. The molecule has 236 valence electrons. The van der Waals surface area contributed by atoms with Crippen LogP contribution in [0.2, 0.25) is 5.02 Å². The lowest BCUT2D eigenvalue weighted by atomic mass is 10.0. The lowest BCUT2D eigenvalue weighted by Gasteiger charge is -2.32. The molecule has 5 rings (SSSR count). The van der Waals surface area contributed by atoms with E-state index in [0.29, 0.717) is 52.8 Å². The van der Waals surface area contributed by atoms with E-state index in [0.717, 1.165) is 10.8 Å². The van der Waals surface area contributed by atoms with Crippen LogP contribution in [0.25, 0.3) is 10.8 Å². The molecule has 2 amide bonds. The second kappa shape index (κ2) is 12.8. The number of nitrogens with two attached hydrogens (primary N) is 1. The predicted molar refractivity (Wildman–Crippen MR) is 175 cm³/mol. The third kappa shape index (κ3) is 6.47. The molecule has 0 spiro atoms. The highest BCUT2D eigenvalue weighted by atomic mass is 35.5. The minimum atomic E-state index is -3.77. The topological polar surface area (TPSA) is 164 Å². The van der Waals surface area contributed by atoms with Crippen LogP contribution >= 0.6 is 11.6 Å². The number of carboxylic acid groups (broad SMARTS) is 1. The molecule has 2 heterocycles. The van der Waals surface area contributed by atoms with Crippen LogP contribution in [0, 0.1) is 0 Å². The number of hydrogen-bond donors (Lipinski definition) is 4. The largest absolute Gasteiger partial charge is 0.495 e. The Morgan fingerprint density at radius 1 is 1.09 bits per heavy atom. The van der Waals surface area contributed by atoms with E-state index in [1.807, 2.05) is 24.3 Å². The first-order chi connectivity index (χ1) is 21.4. The highest BCUT2D eigenvalue weighted by Crippen LogP contribution is 2.41. The number of nitrogens with zero attached hydrogens (tertiary/aromatic N) is 2. The summed E-state index contributed by atoms with van der Waals surface area (Å²) in [4.78, 5) is 31.9. The lowest BCUT2D eigenvalue weighted by Crippen LogP contribution is -2.38. The SMILES string of the molecule is COc1cc([C@H](Nc2ccc3c(N)nccc3c2)C(=O)N2CCC[C@@H]2c2cc(NC(=O)O)ccc2S(=O)(=O)C(C)C)ccc1Cl. The number of rotatable bonds is 9. The van der Waals surface area contributed by atoms with Gasteiger partial charge in [0.15, 0.2) is 9.84 Å². The first-order valence-electron chi connectivity index (χ1n) is 14.3. The fraction of sp³-hybridized carbons (Fsp3) is 0.281. The molecule has 0 unspecified atom stereocenters. The maximum atomic E-state index is 14.6. The van der Waals surface area contributed by atoms with Gasteiger partial charge in [0.1, 0.15) is 17.6 Å². The lowest BCUT2D eigenvalue weighted by molar-refractivity contribution is -0.133. The third-order valence-electron chi connectivity index (χ3n) is 7.94. The maximum absolute atomic E-state index is 14.6. The third-order valence-corrected chi connectivity index (χ3v) is 10.5. The molecule has 1 aliphatic heterocycles. The van der Waals surface area contributed by atoms with E-state index in [9.17, 15) is 23.1 Å². The Kier molecular flexibility index (Phi) is 9.08. The second-order valence-electron chi connectivity index (χ2n) is 11.1. The van der Waals surface area contributed by atoms with E-state index >= 15 is 0 Å². The molecule has 0 bridgehead atoms. The van der Waals surface area contributed by atoms with Crippen molar-refractivity contribution in [3.63, 3.8) is 0 Å². The molecule has 45 heavy (non-hydrogen) atoms. The number of methoxy groups -OCH3 is 1. The summed E-state index contributed by atoms with van der Waals surface area (Å²) in [5.74, 6) is 0.475. The molecule has 5 N–H and O–H groups in total. The summed E-state index contributed by atoms with van der Waals surface area (Å²) in [7, 11) is -2.29. The second-order valence-corrected chi connectivity index (χ2v) is 13.9. The number of sulfone groups is 1. The molecular formula is C32H34ClN5O6S. The number of ether oxygens (including phenoxy) is 1. The van der Waals surface area contributed by atoms with Crippen molar-refractivity contribution in [3.8, 4) is 5.75 Å². The fourth-order valence-electron chi connectivity index (χ4n) is 5.64. The Balaban J connectivity index is 1.59. The Hall–Kier alpha value is -4.55. The Bertz CT molecular complexity index is 1880. The van der Waals surface area contributed by atoms with Crippen LogP contribution in [0.4, 0.5) is 22.0 Å². The summed E-state index contributed by atoms with van der Waals surface area (Å²) < 4.78 is 32.4. The Labute approximate surface area is 266 Å². The smallest absolute Gasteiger partial charge is 0.409 e. The highest BCUT2D eigenvalue weighted by Gasteiger charge is 2.38. The van der Waals surface area contributed by atoms with E-state index in [1.165, 1.54) is 25.3 Å². The van der Waals surface area contributed by atoms with Crippen LogP contribution < -0.4 is 21.1 Å². The number of amides is 2. The van der Waals surface area contributed by atoms with Crippen molar-refractivity contribution in [2.45, 2.75) is 48.9 Å². The van der Waals surface area contributed by atoms with Crippen LogP contribution in [-0.2, 0) is 14.6 Å². The standard InChI is InChI=1S/C32H34ClN5O6S/c1-18(2)45(42,43)28-11-8-22(37-32(40)41)17-24(28)26-5-4-14-38(26)31(39)29(20-6-10-25(33)27(16-20)44-3)36-21-7-9-23-19(15-21)12-13-35-30(23)34/h6-13,15-18,26,29,36-37H,4-5,14H2,1-3H3,(H2,34,35)(H,40,41)/t26-,29+/m1/s1. The molecule has 4 aromatic rings. The van der Waals surface area contributed by atoms with Gasteiger partial charge in [-0.05, 0) is 97.8 Å². The molecule has 13 heteroatoms.